The summed E-state index contributed by atoms with van der Waals surface area (Å²) in [5.74, 6) is 0.650. The molecule has 1 aromatic heterocycles. The van der Waals surface area contributed by atoms with E-state index in [2.05, 4.69) is 14.9 Å². The number of nitrogens with zero attached hydrogens (tertiary/aromatic N) is 4. The lowest BCUT2D eigenvalue weighted by Gasteiger charge is -2.31. The molecule has 178 valence electrons. The first kappa shape index (κ1) is 23.4. The molecular weight excluding hydrogens is 442 g/mol. The van der Waals surface area contributed by atoms with Gasteiger partial charge >= 0.3 is 0 Å². The number of sulfone groups is 1. The smallest absolute Gasteiger partial charge is 0.219 e. The summed E-state index contributed by atoms with van der Waals surface area (Å²) in [6.07, 6.45) is 5.50. The van der Waals surface area contributed by atoms with Crippen molar-refractivity contribution in [3.05, 3.63) is 30.6 Å². The SMILES string of the molecule is CC(=O)N1CCC(CCS(=O)(=O)c2cc(-c3cnc(N)nc3)cc(N3CCOCC3)c2)CC1. The highest BCUT2D eigenvalue weighted by atomic mass is 32.2. The van der Waals surface area contributed by atoms with Crippen LogP contribution in [0.5, 0.6) is 0 Å². The van der Waals surface area contributed by atoms with Crippen LogP contribution < -0.4 is 10.6 Å². The molecule has 2 aromatic rings. The molecule has 1 aromatic carbocycles. The number of anilines is 2. The molecule has 2 saturated heterocycles. The summed E-state index contributed by atoms with van der Waals surface area (Å²) >= 11 is 0. The van der Waals surface area contributed by atoms with Gasteiger partial charge in [-0.05, 0) is 48.9 Å². The predicted octanol–water partition coefficient (Wildman–Crippen LogP) is 1.98. The number of nitrogen functional groups attached to an aromatic ring is 1. The minimum atomic E-state index is -3.49. The van der Waals surface area contributed by atoms with Crippen molar-refractivity contribution in [3.63, 3.8) is 0 Å². The van der Waals surface area contributed by atoms with Crippen molar-refractivity contribution in [1.29, 1.82) is 0 Å². The third-order valence-electron chi connectivity index (χ3n) is 6.49. The monoisotopic (exact) mass is 473 g/mol. The fourth-order valence-corrected chi connectivity index (χ4v) is 5.88. The van der Waals surface area contributed by atoms with Crippen LogP contribution in [0.4, 0.5) is 11.6 Å². The van der Waals surface area contributed by atoms with E-state index in [0.717, 1.165) is 24.1 Å². The van der Waals surface area contributed by atoms with Crippen molar-refractivity contribution < 1.29 is 17.9 Å². The van der Waals surface area contributed by atoms with Gasteiger partial charge in [0.2, 0.25) is 11.9 Å². The van der Waals surface area contributed by atoms with Gasteiger partial charge in [0.1, 0.15) is 0 Å². The van der Waals surface area contributed by atoms with E-state index in [-0.39, 0.29) is 17.6 Å². The molecule has 2 aliphatic heterocycles. The Hall–Kier alpha value is -2.72. The zero-order valence-corrected chi connectivity index (χ0v) is 19.8. The van der Waals surface area contributed by atoms with E-state index in [1.165, 1.54) is 0 Å². The molecule has 1 amide bonds. The maximum atomic E-state index is 13.4. The second-order valence-electron chi connectivity index (χ2n) is 8.70. The minimum absolute atomic E-state index is 0.0835. The molecule has 33 heavy (non-hydrogen) atoms. The number of hydrogen-bond donors (Lipinski definition) is 1. The lowest BCUT2D eigenvalue weighted by atomic mass is 9.94. The Balaban J connectivity index is 1.56. The average Bonchev–Trinajstić information content (AvgIpc) is 2.84. The van der Waals surface area contributed by atoms with Crippen LogP contribution in [-0.4, -0.2) is 74.3 Å². The topological polar surface area (TPSA) is 119 Å². The second-order valence-corrected chi connectivity index (χ2v) is 10.8. The molecular formula is C23H31N5O4S. The molecule has 0 saturated carbocycles. The summed E-state index contributed by atoms with van der Waals surface area (Å²) in [7, 11) is -3.49. The number of morpholine rings is 1. The number of carbonyl (C=O) groups excluding carboxylic acids is 1. The number of nitrogens with two attached hydrogens (primary N) is 1. The Kier molecular flexibility index (Phi) is 7.14. The number of piperidine rings is 1. The first-order valence-corrected chi connectivity index (χ1v) is 13.0. The maximum Gasteiger partial charge on any atom is 0.219 e. The molecule has 4 rings (SSSR count). The molecule has 0 spiro atoms. The van der Waals surface area contributed by atoms with Crippen LogP contribution in [0.25, 0.3) is 11.1 Å². The van der Waals surface area contributed by atoms with Gasteiger partial charge in [0.05, 0.1) is 23.9 Å². The lowest BCUT2D eigenvalue weighted by Crippen LogP contribution is -2.37. The predicted molar refractivity (Wildman–Crippen MR) is 127 cm³/mol. The lowest BCUT2D eigenvalue weighted by molar-refractivity contribution is -0.130. The van der Waals surface area contributed by atoms with Crippen LogP contribution in [0.2, 0.25) is 0 Å². The Morgan fingerprint density at radius 1 is 1.06 bits per heavy atom. The largest absolute Gasteiger partial charge is 0.378 e. The number of ether oxygens (including phenoxy) is 1. The first-order valence-electron chi connectivity index (χ1n) is 11.4. The van der Waals surface area contributed by atoms with Crippen molar-refractivity contribution in [2.75, 3.05) is 55.8 Å². The van der Waals surface area contributed by atoms with Crippen molar-refractivity contribution in [1.82, 2.24) is 14.9 Å². The number of hydrogen-bond acceptors (Lipinski definition) is 8. The van der Waals surface area contributed by atoms with Crippen LogP contribution in [0.1, 0.15) is 26.2 Å². The summed E-state index contributed by atoms with van der Waals surface area (Å²) in [6.45, 7) is 5.61. The Labute approximate surface area is 194 Å². The molecule has 0 unspecified atom stereocenters. The highest BCUT2D eigenvalue weighted by Gasteiger charge is 2.25. The van der Waals surface area contributed by atoms with Crippen LogP contribution in [-0.2, 0) is 19.4 Å². The zero-order valence-electron chi connectivity index (χ0n) is 18.9. The molecule has 0 aliphatic carbocycles. The van der Waals surface area contributed by atoms with Gasteiger partial charge in [-0.1, -0.05) is 0 Å². The summed E-state index contributed by atoms with van der Waals surface area (Å²) in [5, 5.41) is 0. The minimum Gasteiger partial charge on any atom is -0.378 e. The van der Waals surface area contributed by atoms with Gasteiger partial charge in [-0.3, -0.25) is 4.79 Å². The molecule has 0 radical (unpaired) electrons. The molecule has 2 N–H and O–H groups in total. The fourth-order valence-electron chi connectivity index (χ4n) is 4.40. The zero-order chi connectivity index (χ0) is 23.4. The van der Waals surface area contributed by atoms with E-state index in [1.807, 2.05) is 11.0 Å². The molecule has 2 fully saturated rings. The van der Waals surface area contributed by atoms with Gasteiger partial charge in [-0.2, -0.15) is 0 Å². The molecule has 0 bridgehead atoms. The van der Waals surface area contributed by atoms with Crippen molar-refractivity contribution >= 4 is 27.4 Å². The highest BCUT2D eigenvalue weighted by Crippen LogP contribution is 2.31. The standard InChI is InChI=1S/C23H31N5O4S/c1-17(29)27-5-2-18(3-6-27)4-11-33(30,31)22-13-19(20-15-25-23(24)26-16-20)12-21(14-22)28-7-9-32-10-8-28/h12-16,18H,2-11H2,1H3,(H2,24,25,26). The molecule has 3 heterocycles. The van der Waals surface area contributed by atoms with E-state index < -0.39 is 9.84 Å². The van der Waals surface area contributed by atoms with Crippen LogP contribution in [0, 0.1) is 5.92 Å². The normalized spacial score (nSPS) is 17.8. The van der Waals surface area contributed by atoms with Crippen molar-refractivity contribution in [2.24, 2.45) is 5.92 Å². The Morgan fingerprint density at radius 2 is 1.73 bits per heavy atom. The molecule has 9 nitrogen and oxygen atoms in total. The van der Waals surface area contributed by atoms with Gasteiger partial charge in [-0.15, -0.1) is 0 Å². The number of rotatable bonds is 6. The van der Waals surface area contributed by atoms with Crippen molar-refractivity contribution in [2.45, 2.75) is 31.1 Å². The van der Waals surface area contributed by atoms with E-state index in [0.29, 0.717) is 62.2 Å². The number of benzene rings is 1. The molecule has 10 heteroatoms. The fraction of sp³-hybridized carbons (Fsp3) is 0.522. The van der Waals surface area contributed by atoms with Gasteiger partial charge in [0.25, 0.3) is 0 Å². The van der Waals surface area contributed by atoms with E-state index in [4.69, 9.17) is 10.5 Å². The first-order chi connectivity index (χ1) is 15.8. The van der Waals surface area contributed by atoms with Gasteiger partial charge in [0, 0.05) is 56.7 Å². The molecule has 0 atom stereocenters. The number of aromatic nitrogens is 2. The second kappa shape index (κ2) is 10.0. The summed E-state index contributed by atoms with van der Waals surface area (Å²) in [4.78, 5) is 23.9. The van der Waals surface area contributed by atoms with Crippen molar-refractivity contribution in [3.8, 4) is 11.1 Å². The number of amides is 1. The van der Waals surface area contributed by atoms with Crippen LogP contribution in [0.15, 0.2) is 35.5 Å². The summed E-state index contributed by atoms with van der Waals surface area (Å²) in [5.41, 5.74) is 7.93. The van der Waals surface area contributed by atoms with Gasteiger partial charge in [0.15, 0.2) is 9.84 Å². The Bertz CT molecular complexity index is 1080. The average molecular weight is 474 g/mol. The van der Waals surface area contributed by atoms with E-state index in [9.17, 15) is 13.2 Å². The highest BCUT2D eigenvalue weighted by molar-refractivity contribution is 7.91. The van der Waals surface area contributed by atoms with Crippen LogP contribution >= 0.6 is 0 Å². The van der Waals surface area contributed by atoms with E-state index >= 15 is 0 Å². The summed E-state index contributed by atoms with van der Waals surface area (Å²) in [6, 6.07) is 5.43. The third kappa shape index (κ3) is 5.80. The van der Waals surface area contributed by atoms with Gasteiger partial charge < -0.3 is 20.3 Å². The van der Waals surface area contributed by atoms with Crippen LogP contribution in [0.3, 0.4) is 0 Å². The molecule has 2 aliphatic rings. The number of carbonyl (C=O) groups is 1. The van der Waals surface area contributed by atoms with Gasteiger partial charge in [-0.25, -0.2) is 18.4 Å². The maximum absolute atomic E-state index is 13.4. The number of likely N-dealkylation sites (tertiary alicyclic amines) is 1. The van der Waals surface area contributed by atoms with E-state index in [1.54, 1.807) is 31.5 Å². The quantitative estimate of drug-likeness (QED) is 0.677. The summed E-state index contributed by atoms with van der Waals surface area (Å²) < 4.78 is 32.2. The third-order valence-corrected chi connectivity index (χ3v) is 8.21. The Morgan fingerprint density at radius 3 is 2.36 bits per heavy atom.